The first-order valence-corrected chi connectivity index (χ1v) is 9.88. The minimum Gasteiger partial charge on any atom is -0.457 e. The van der Waals surface area contributed by atoms with Gasteiger partial charge < -0.3 is 14.7 Å². The molecule has 1 saturated heterocycles. The Labute approximate surface area is 161 Å². The molecule has 1 aromatic rings. The van der Waals surface area contributed by atoms with E-state index >= 15 is 0 Å². The highest BCUT2D eigenvalue weighted by Gasteiger charge is 2.50. The average Bonchev–Trinajstić information content (AvgIpc) is 3.13. The number of carbonyl (C=O) groups is 2. The van der Waals surface area contributed by atoms with Crippen LogP contribution in [0.1, 0.15) is 63.7 Å². The quantitative estimate of drug-likeness (QED) is 0.825. The Balaban J connectivity index is 1.75. The van der Waals surface area contributed by atoms with Crippen LogP contribution in [0.3, 0.4) is 0 Å². The molecule has 148 valence electrons. The van der Waals surface area contributed by atoms with Gasteiger partial charge in [-0.25, -0.2) is 4.79 Å². The second-order valence-corrected chi connectivity index (χ2v) is 9.30. The summed E-state index contributed by atoms with van der Waals surface area (Å²) in [6, 6.07) is 8.45. The third-order valence-electron chi connectivity index (χ3n) is 6.32. The smallest absolute Gasteiger partial charge is 0.329 e. The Morgan fingerprint density at radius 3 is 2.37 bits per heavy atom. The fourth-order valence-electron chi connectivity index (χ4n) is 4.20. The molecule has 5 heteroatoms. The van der Waals surface area contributed by atoms with E-state index in [1.807, 2.05) is 45.9 Å². The molecular weight excluding hydrogens is 342 g/mol. The number of aliphatic hydroxyl groups excluding tert-OH is 1. The van der Waals surface area contributed by atoms with Crippen LogP contribution in [0.15, 0.2) is 30.3 Å². The van der Waals surface area contributed by atoms with Crippen LogP contribution in [-0.2, 0) is 9.53 Å². The van der Waals surface area contributed by atoms with Gasteiger partial charge in [0.25, 0.3) is 5.91 Å². The molecule has 0 aromatic heterocycles. The van der Waals surface area contributed by atoms with E-state index in [-0.39, 0.29) is 16.7 Å². The Kier molecular flexibility index (Phi) is 5.35. The van der Waals surface area contributed by atoms with Gasteiger partial charge >= 0.3 is 5.97 Å². The molecule has 0 bridgehead atoms. The van der Waals surface area contributed by atoms with Crippen molar-refractivity contribution in [2.24, 2.45) is 10.8 Å². The Bertz CT molecular complexity index is 698. The summed E-state index contributed by atoms with van der Waals surface area (Å²) in [5.74, 6) is -0.537. The van der Waals surface area contributed by atoms with E-state index in [9.17, 15) is 14.7 Å². The van der Waals surface area contributed by atoms with E-state index in [4.69, 9.17) is 4.74 Å². The fraction of sp³-hybridized carbons (Fsp3) is 0.636. The first-order valence-electron chi connectivity index (χ1n) is 9.88. The zero-order valence-electron chi connectivity index (χ0n) is 16.8. The molecule has 1 amide bonds. The Morgan fingerprint density at radius 1 is 1.07 bits per heavy atom. The highest BCUT2D eigenvalue weighted by atomic mass is 16.6. The molecule has 0 unspecified atom stereocenters. The van der Waals surface area contributed by atoms with Crippen molar-refractivity contribution in [3.63, 3.8) is 0 Å². The predicted molar refractivity (Wildman–Crippen MR) is 103 cm³/mol. The van der Waals surface area contributed by atoms with Crippen LogP contribution < -0.4 is 0 Å². The van der Waals surface area contributed by atoms with Gasteiger partial charge in [-0.05, 0) is 43.2 Å². The highest BCUT2D eigenvalue weighted by molar-refractivity contribution is 5.97. The third kappa shape index (κ3) is 3.88. The maximum Gasteiger partial charge on any atom is 0.329 e. The molecule has 1 heterocycles. The summed E-state index contributed by atoms with van der Waals surface area (Å²) >= 11 is 0. The van der Waals surface area contributed by atoms with Crippen molar-refractivity contribution in [3.8, 4) is 0 Å². The molecule has 0 spiro atoms. The van der Waals surface area contributed by atoms with E-state index in [0.717, 1.165) is 19.3 Å². The van der Waals surface area contributed by atoms with Crippen LogP contribution in [-0.4, -0.2) is 46.7 Å². The normalized spacial score (nSPS) is 29.4. The first-order chi connectivity index (χ1) is 12.6. The molecule has 5 nitrogen and oxygen atoms in total. The lowest BCUT2D eigenvalue weighted by molar-refractivity contribution is -0.189. The maximum atomic E-state index is 13.0. The first kappa shape index (κ1) is 19.9. The topological polar surface area (TPSA) is 66.8 Å². The molecule has 1 aromatic carbocycles. The molecule has 1 aliphatic carbocycles. The summed E-state index contributed by atoms with van der Waals surface area (Å²) in [5.41, 5.74) is -0.0102. The zero-order valence-corrected chi connectivity index (χ0v) is 16.8. The van der Waals surface area contributed by atoms with Gasteiger partial charge in [-0.1, -0.05) is 45.9 Å². The SMILES string of the molecule is CC1(C)CCC(C)(C)[C@@H](OC(=O)[C@@H]2CCCN2C(=O)c2ccccc2)[C@@H]1O. The molecule has 0 radical (unpaired) electrons. The largest absolute Gasteiger partial charge is 0.457 e. The molecule has 1 saturated carbocycles. The number of hydrogen-bond donors (Lipinski definition) is 1. The second-order valence-electron chi connectivity index (χ2n) is 9.30. The van der Waals surface area contributed by atoms with Crippen LogP contribution in [0.4, 0.5) is 0 Å². The summed E-state index contributed by atoms with van der Waals surface area (Å²) in [6.45, 7) is 8.63. The number of rotatable bonds is 3. The van der Waals surface area contributed by atoms with Gasteiger partial charge in [-0.15, -0.1) is 0 Å². The number of amides is 1. The summed E-state index contributed by atoms with van der Waals surface area (Å²) in [4.78, 5) is 27.4. The van der Waals surface area contributed by atoms with Crippen LogP contribution in [0.5, 0.6) is 0 Å². The molecule has 3 atom stereocenters. The summed E-state index contributed by atoms with van der Waals surface area (Å²) < 4.78 is 5.87. The molecule has 2 aliphatic rings. The third-order valence-corrected chi connectivity index (χ3v) is 6.32. The number of esters is 1. The average molecular weight is 373 g/mol. The molecule has 2 fully saturated rings. The zero-order chi connectivity index (χ0) is 19.8. The van der Waals surface area contributed by atoms with Gasteiger partial charge in [-0.3, -0.25) is 4.79 Å². The molecular formula is C22H31NO4. The summed E-state index contributed by atoms with van der Waals surface area (Å²) in [6.07, 6.45) is 1.86. The van der Waals surface area contributed by atoms with Crippen molar-refractivity contribution in [2.45, 2.75) is 71.6 Å². The highest BCUT2D eigenvalue weighted by Crippen LogP contribution is 2.46. The van der Waals surface area contributed by atoms with Crippen molar-refractivity contribution < 1.29 is 19.4 Å². The molecule has 1 aliphatic heterocycles. The van der Waals surface area contributed by atoms with E-state index in [1.165, 1.54) is 0 Å². The lowest BCUT2D eigenvalue weighted by Gasteiger charge is -2.49. The number of benzene rings is 1. The van der Waals surface area contributed by atoms with Crippen LogP contribution in [0.25, 0.3) is 0 Å². The maximum absolute atomic E-state index is 13.0. The van der Waals surface area contributed by atoms with Gasteiger partial charge in [0.15, 0.2) is 0 Å². The summed E-state index contributed by atoms with van der Waals surface area (Å²) in [7, 11) is 0. The van der Waals surface area contributed by atoms with Gasteiger partial charge in [0.1, 0.15) is 12.1 Å². The number of hydrogen-bond acceptors (Lipinski definition) is 4. The number of aliphatic hydroxyl groups is 1. The Morgan fingerprint density at radius 2 is 1.70 bits per heavy atom. The van der Waals surface area contributed by atoms with E-state index in [0.29, 0.717) is 18.5 Å². The van der Waals surface area contributed by atoms with E-state index < -0.39 is 24.2 Å². The monoisotopic (exact) mass is 373 g/mol. The lowest BCUT2D eigenvalue weighted by atomic mass is 9.63. The van der Waals surface area contributed by atoms with Crippen LogP contribution >= 0.6 is 0 Å². The summed E-state index contributed by atoms with van der Waals surface area (Å²) in [5, 5.41) is 10.8. The van der Waals surface area contributed by atoms with E-state index in [1.54, 1.807) is 17.0 Å². The van der Waals surface area contributed by atoms with Crippen molar-refractivity contribution >= 4 is 11.9 Å². The minimum absolute atomic E-state index is 0.140. The van der Waals surface area contributed by atoms with Crippen molar-refractivity contribution in [2.75, 3.05) is 6.54 Å². The number of nitrogens with zero attached hydrogens (tertiary/aromatic N) is 1. The lowest BCUT2D eigenvalue weighted by Crippen LogP contribution is -2.55. The van der Waals surface area contributed by atoms with Crippen LogP contribution in [0.2, 0.25) is 0 Å². The van der Waals surface area contributed by atoms with Crippen molar-refractivity contribution in [3.05, 3.63) is 35.9 Å². The number of carbonyl (C=O) groups excluding carboxylic acids is 2. The predicted octanol–water partition coefficient (Wildman–Crippen LogP) is 3.41. The van der Waals surface area contributed by atoms with E-state index in [2.05, 4.69) is 0 Å². The van der Waals surface area contributed by atoms with Gasteiger partial charge in [0.2, 0.25) is 0 Å². The number of ether oxygens (including phenoxy) is 1. The van der Waals surface area contributed by atoms with Crippen molar-refractivity contribution in [1.82, 2.24) is 4.90 Å². The van der Waals surface area contributed by atoms with Gasteiger partial charge in [0, 0.05) is 17.5 Å². The second kappa shape index (κ2) is 7.27. The molecule has 27 heavy (non-hydrogen) atoms. The number of likely N-dealkylation sites (tertiary alicyclic amines) is 1. The van der Waals surface area contributed by atoms with Gasteiger partial charge in [-0.2, -0.15) is 0 Å². The standard InChI is InChI=1S/C22H31NO4/c1-21(2)12-13-22(3,4)18(17(21)24)27-20(26)16-11-8-14-23(16)19(25)15-9-6-5-7-10-15/h5-7,9-10,16-18,24H,8,11-14H2,1-4H3/t16-,17-,18-/m0/s1. The molecule has 1 N–H and O–H groups in total. The van der Waals surface area contributed by atoms with Crippen LogP contribution in [0, 0.1) is 10.8 Å². The fourth-order valence-corrected chi connectivity index (χ4v) is 4.20. The van der Waals surface area contributed by atoms with Gasteiger partial charge in [0.05, 0.1) is 6.10 Å². The van der Waals surface area contributed by atoms with Crippen molar-refractivity contribution in [1.29, 1.82) is 0 Å². The molecule has 3 rings (SSSR count). The minimum atomic E-state index is -0.718. The Hall–Kier alpha value is -1.88.